The molecule has 1 aromatic carbocycles. The lowest BCUT2D eigenvalue weighted by Gasteiger charge is -2.13. The number of hydrogen-bond donors (Lipinski definition) is 2. The van der Waals surface area contributed by atoms with E-state index in [1.165, 1.54) is 0 Å². The molecular formula is C12H18N2O2. The van der Waals surface area contributed by atoms with E-state index < -0.39 is 6.04 Å². The van der Waals surface area contributed by atoms with Crippen LogP contribution in [0, 0.1) is 6.92 Å². The van der Waals surface area contributed by atoms with Crippen LogP contribution < -0.4 is 15.8 Å². The third-order valence-electron chi connectivity index (χ3n) is 2.39. The second-order valence-corrected chi connectivity index (χ2v) is 3.71. The minimum absolute atomic E-state index is 0.190. The number of rotatable bonds is 4. The lowest BCUT2D eigenvalue weighted by atomic mass is 10.2. The van der Waals surface area contributed by atoms with Gasteiger partial charge < -0.3 is 15.8 Å². The predicted octanol–water partition coefficient (Wildman–Crippen LogP) is 1.68. The van der Waals surface area contributed by atoms with Crippen molar-refractivity contribution in [1.29, 1.82) is 0 Å². The molecule has 0 aliphatic rings. The maximum atomic E-state index is 11.6. The van der Waals surface area contributed by atoms with Gasteiger partial charge in [-0.1, -0.05) is 13.0 Å². The van der Waals surface area contributed by atoms with Crippen molar-refractivity contribution >= 4 is 11.6 Å². The van der Waals surface area contributed by atoms with Crippen LogP contribution in [0.1, 0.15) is 18.9 Å². The van der Waals surface area contributed by atoms with Gasteiger partial charge in [0.1, 0.15) is 5.75 Å². The van der Waals surface area contributed by atoms with Crippen molar-refractivity contribution in [2.24, 2.45) is 5.73 Å². The predicted molar refractivity (Wildman–Crippen MR) is 64.6 cm³/mol. The Kier molecular flexibility index (Phi) is 4.31. The van der Waals surface area contributed by atoms with Crippen molar-refractivity contribution in [3.8, 4) is 5.75 Å². The summed E-state index contributed by atoms with van der Waals surface area (Å²) in [4.78, 5) is 11.6. The zero-order valence-electron chi connectivity index (χ0n) is 9.91. The molecular weight excluding hydrogens is 204 g/mol. The molecule has 0 radical (unpaired) electrons. The van der Waals surface area contributed by atoms with Crippen LogP contribution in [0.15, 0.2) is 18.2 Å². The third-order valence-corrected chi connectivity index (χ3v) is 2.39. The van der Waals surface area contributed by atoms with E-state index in [2.05, 4.69) is 5.32 Å². The van der Waals surface area contributed by atoms with Crippen molar-refractivity contribution in [2.75, 3.05) is 12.4 Å². The fourth-order valence-corrected chi connectivity index (χ4v) is 1.31. The SMILES string of the molecule is CC[C@H](N)C(=O)Nc1ccc(C)cc1OC. The molecule has 0 heterocycles. The van der Waals surface area contributed by atoms with Crippen LogP contribution in [-0.2, 0) is 4.79 Å². The number of carbonyl (C=O) groups is 1. The minimum Gasteiger partial charge on any atom is -0.495 e. The molecule has 0 spiro atoms. The Bertz CT molecular complexity index is 377. The van der Waals surface area contributed by atoms with Crippen molar-refractivity contribution in [3.63, 3.8) is 0 Å². The van der Waals surface area contributed by atoms with Crippen LogP contribution in [0.2, 0.25) is 0 Å². The van der Waals surface area contributed by atoms with Crippen molar-refractivity contribution in [2.45, 2.75) is 26.3 Å². The topological polar surface area (TPSA) is 64.4 Å². The van der Waals surface area contributed by atoms with Crippen LogP contribution in [0.5, 0.6) is 5.75 Å². The maximum absolute atomic E-state index is 11.6. The first-order valence-corrected chi connectivity index (χ1v) is 5.29. The quantitative estimate of drug-likeness (QED) is 0.814. The van der Waals surface area contributed by atoms with E-state index in [-0.39, 0.29) is 5.91 Å². The second-order valence-electron chi connectivity index (χ2n) is 3.71. The Hall–Kier alpha value is -1.55. The highest BCUT2D eigenvalue weighted by Gasteiger charge is 2.13. The number of methoxy groups -OCH3 is 1. The number of anilines is 1. The molecule has 1 amide bonds. The zero-order chi connectivity index (χ0) is 12.1. The summed E-state index contributed by atoms with van der Waals surface area (Å²) in [5.74, 6) is 0.460. The molecule has 1 atom stereocenters. The first-order valence-electron chi connectivity index (χ1n) is 5.29. The first kappa shape index (κ1) is 12.5. The van der Waals surface area contributed by atoms with E-state index in [4.69, 9.17) is 10.5 Å². The highest BCUT2D eigenvalue weighted by Crippen LogP contribution is 2.25. The summed E-state index contributed by atoms with van der Waals surface area (Å²) in [7, 11) is 1.57. The fraction of sp³-hybridized carbons (Fsp3) is 0.417. The molecule has 0 fully saturated rings. The summed E-state index contributed by atoms with van der Waals surface area (Å²) in [6, 6.07) is 5.11. The molecule has 0 saturated heterocycles. The Labute approximate surface area is 95.8 Å². The number of benzene rings is 1. The first-order chi connectivity index (χ1) is 7.58. The summed E-state index contributed by atoms with van der Waals surface area (Å²) in [5.41, 5.74) is 7.37. The van der Waals surface area contributed by atoms with Crippen LogP contribution in [0.3, 0.4) is 0 Å². The van der Waals surface area contributed by atoms with Gasteiger partial charge in [0.2, 0.25) is 5.91 Å². The lowest BCUT2D eigenvalue weighted by molar-refractivity contribution is -0.117. The second kappa shape index (κ2) is 5.51. The maximum Gasteiger partial charge on any atom is 0.241 e. The van der Waals surface area contributed by atoms with Gasteiger partial charge in [0.15, 0.2) is 0 Å². The van der Waals surface area contributed by atoms with Gasteiger partial charge >= 0.3 is 0 Å². The molecule has 88 valence electrons. The molecule has 3 N–H and O–H groups in total. The van der Waals surface area contributed by atoms with Crippen LogP contribution >= 0.6 is 0 Å². The summed E-state index contributed by atoms with van der Waals surface area (Å²) in [6.07, 6.45) is 0.611. The van der Waals surface area contributed by atoms with Gasteiger partial charge in [-0.2, -0.15) is 0 Å². The third kappa shape index (κ3) is 2.97. The largest absolute Gasteiger partial charge is 0.495 e. The molecule has 0 aromatic heterocycles. The molecule has 0 aliphatic heterocycles. The number of ether oxygens (including phenoxy) is 1. The highest BCUT2D eigenvalue weighted by atomic mass is 16.5. The summed E-state index contributed by atoms with van der Waals surface area (Å²) in [6.45, 7) is 3.84. The van der Waals surface area contributed by atoms with Gasteiger partial charge in [0.05, 0.1) is 18.8 Å². The Morgan fingerprint density at radius 1 is 1.56 bits per heavy atom. The average Bonchev–Trinajstić information content (AvgIpc) is 2.30. The summed E-state index contributed by atoms with van der Waals surface area (Å²) < 4.78 is 5.18. The zero-order valence-corrected chi connectivity index (χ0v) is 9.91. The number of carbonyl (C=O) groups excluding carboxylic acids is 1. The minimum atomic E-state index is -0.481. The number of hydrogen-bond acceptors (Lipinski definition) is 3. The molecule has 1 aromatic rings. The van der Waals surface area contributed by atoms with Crippen LogP contribution in [0.25, 0.3) is 0 Å². The molecule has 0 unspecified atom stereocenters. The van der Waals surface area contributed by atoms with Gasteiger partial charge in [-0.3, -0.25) is 4.79 Å². The summed E-state index contributed by atoms with van der Waals surface area (Å²) >= 11 is 0. The van der Waals surface area contributed by atoms with Crippen LogP contribution in [-0.4, -0.2) is 19.1 Å². The normalized spacial score (nSPS) is 12.0. The molecule has 0 saturated carbocycles. The Morgan fingerprint density at radius 2 is 2.25 bits per heavy atom. The fourth-order valence-electron chi connectivity index (χ4n) is 1.31. The van der Waals surface area contributed by atoms with E-state index in [1.807, 2.05) is 32.0 Å². The van der Waals surface area contributed by atoms with Crippen LogP contribution in [0.4, 0.5) is 5.69 Å². The Balaban J connectivity index is 2.84. The number of amides is 1. The van der Waals surface area contributed by atoms with E-state index in [0.717, 1.165) is 5.56 Å². The highest BCUT2D eigenvalue weighted by molar-refractivity contribution is 5.95. The van der Waals surface area contributed by atoms with Gasteiger partial charge in [0, 0.05) is 0 Å². The van der Waals surface area contributed by atoms with Crippen molar-refractivity contribution in [1.82, 2.24) is 0 Å². The molecule has 4 heteroatoms. The molecule has 0 aliphatic carbocycles. The average molecular weight is 222 g/mol. The molecule has 4 nitrogen and oxygen atoms in total. The lowest BCUT2D eigenvalue weighted by Crippen LogP contribution is -2.34. The summed E-state index contributed by atoms with van der Waals surface area (Å²) in [5, 5.41) is 2.75. The van der Waals surface area contributed by atoms with Gasteiger partial charge in [-0.25, -0.2) is 0 Å². The van der Waals surface area contributed by atoms with Crippen molar-refractivity contribution < 1.29 is 9.53 Å². The Morgan fingerprint density at radius 3 is 2.81 bits per heavy atom. The van der Waals surface area contributed by atoms with Crippen molar-refractivity contribution in [3.05, 3.63) is 23.8 Å². The van der Waals surface area contributed by atoms with E-state index in [1.54, 1.807) is 7.11 Å². The monoisotopic (exact) mass is 222 g/mol. The molecule has 0 bridgehead atoms. The van der Waals surface area contributed by atoms with Gasteiger partial charge in [-0.05, 0) is 31.0 Å². The number of nitrogens with one attached hydrogen (secondary N) is 1. The smallest absolute Gasteiger partial charge is 0.241 e. The molecule has 1 rings (SSSR count). The van der Waals surface area contributed by atoms with E-state index in [0.29, 0.717) is 17.9 Å². The molecule has 16 heavy (non-hydrogen) atoms. The number of aryl methyl sites for hydroxylation is 1. The van der Waals surface area contributed by atoms with Gasteiger partial charge in [-0.15, -0.1) is 0 Å². The van der Waals surface area contributed by atoms with E-state index in [9.17, 15) is 4.79 Å². The standard InChI is InChI=1S/C12H18N2O2/c1-4-9(13)12(15)14-10-6-5-8(2)7-11(10)16-3/h5-7,9H,4,13H2,1-3H3,(H,14,15)/t9-/m0/s1. The number of nitrogens with two attached hydrogens (primary N) is 1. The van der Waals surface area contributed by atoms with E-state index >= 15 is 0 Å². The van der Waals surface area contributed by atoms with Gasteiger partial charge in [0.25, 0.3) is 0 Å².